The number of hydrogen-bond acceptors (Lipinski definition) is 3. The van der Waals surface area contributed by atoms with E-state index >= 15 is 0 Å². The van der Waals surface area contributed by atoms with Crippen molar-refractivity contribution in [2.75, 3.05) is 6.61 Å². The van der Waals surface area contributed by atoms with E-state index in [-0.39, 0.29) is 24.8 Å². The van der Waals surface area contributed by atoms with Crippen LogP contribution in [-0.4, -0.2) is 25.0 Å². The van der Waals surface area contributed by atoms with E-state index in [1.807, 2.05) is 36.4 Å². The summed E-state index contributed by atoms with van der Waals surface area (Å²) >= 11 is 0. The lowest BCUT2D eigenvalue weighted by atomic mass is 9.98. The molecule has 0 spiro atoms. The third kappa shape index (κ3) is 4.04. The van der Waals surface area contributed by atoms with Crippen LogP contribution in [0.1, 0.15) is 22.6 Å². The Hall–Kier alpha value is -3.47. The molecule has 1 aliphatic rings. The topological polar surface area (TPSA) is 55.4 Å². The number of nitrogens with one attached hydrogen (secondary N) is 1. The van der Waals surface area contributed by atoms with Crippen LogP contribution in [0.15, 0.2) is 72.8 Å². The molecule has 4 nitrogen and oxygen atoms in total. The first kappa shape index (κ1) is 18.9. The highest BCUT2D eigenvalue weighted by atomic mass is 19.1. The van der Waals surface area contributed by atoms with Gasteiger partial charge in [-0.15, -0.1) is 0 Å². The van der Waals surface area contributed by atoms with Gasteiger partial charge in [-0.3, -0.25) is 0 Å². The molecule has 146 valence electrons. The zero-order valence-corrected chi connectivity index (χ0v) is 15.7. The molecule has 0 aliphatic heterocycles. The number of ether oxygens (including phenoxy) is 1. The summed E-state index contributed by atoms with van der Waals surface area (Å²) in [6, 6.07) is 21.3. The second kappa shape index (κ2) is 8.27. The maximum atomic E-state index is 13.0. The summed E-state index contributed by atoms with van der Waals surface area (Å²) in [7, 11) is 0. The van der Waals surface area contributed by atoms with Crippen LogP contribution in [-0.2, 0) is 16.0 Å². The molecule has 29 heavy (non-hydrogen) atoms. The third-order valence-corrected chi connectivity index (χ3v) is 5.18. The average molecular weight is 389 g/mol. The summed E-state index contributed by atoms with van der Waals surface area (Å²) in [6.07, 6.45) is 0.282. The molecule has 4 rings (SSSR count). The van der Waals surface area contributed by atoms with Crippen LogP contribution >= 0.6 is 0 Å². The van der Waals surface area contributed by atoms with Gasteiger partial charge in [0.15, 0.2) is 0 Å². The Morgan fingerprint density at radius 1 is 0.966 bits per heavy atom. The highest BCUT2D eigenvalue weighted by molar-refractivity contribution is 5.79. The Balaban J connectivity index is 1.40. The van der Waals surface area contributed by atoms with Gasteiger partial charge in [-0.2, -0.15) is 0 Å². The van der Waals surface area contributed by atoms with Crippen molar-refractivity contribution in [2.24, 2.45) is 0 Å². The molecule has 0 heterocycles. The van der Waals surface area contributed by atoms with Gasteiger partial charge < -0.3 is 14.8 Å². The Bertz CT molecular complexity index is 987. The van der Waals surface area contributed by atoms with Gasteiger partial charge in [-0.25, -0.2) is 9.18 Å². The molecule has 0 saturated heterocycles. The SMILES string of the molecule is O=C[C@@H](Cc1ccc(F)cc1)NC(=O)OCC1c2ccccc2-c2ccccc21. The molecular weight excluding hydrogens is 369 g/mol. The molecule has 1 atom stereocenters. The summed E-state index contributed by atoms with van der Waals surface area (Å²) in [5.41, 5.74) is 5.31. The zero-order valence-electron chi connectivity index (χ0n) is 15.7. The molecule has 1 aliphatic carbocycles. The molecule has 3 aromatic carbocycles. The predicted molar refractivity (Wildman–Crippen MR) is 108 cm³/mol. The third-order valence-electron chi connectivity index (χ3n) is 5.18. The normalized spacial score (nSPS) is 13.3. The second-order valence-electron chi connectivity index (χ2n) is 7.04. The van der Waals surface area contributed by atoms with Gasteiger partial charge in [-0.05, 0) is 46.4 Å². The fraction of sp³-hybridized carbons (Fsp3) is 0.167. The Morgan fingerprint density at radius 3 is 2.14 bits per heavy atom. The zero-order chi connectivity index (χ0) is 20.2. The van der Waals surface area contributed by atoms with Gasteiger partial charge in [0.25, 0.3) is 0 Å². The summed E-state index contributed by atoms with van der Waals surface area (Å²) in [4.78, 5) is 23.6. The lowest BCUT2D eigenvalue weighted by molar-refractivity contribution is -0.109. The standard InChI is InChI=1S/C24H20FNO3/c25-17-11-9-16(10-12-17)13-18(14-27)26-24(28)29-15-23-21-7-3-1-5-19(21)20-6-2-4-8-22(20)23/h1-12,14,18,23H,13,15H2,(H,26,28)/t18-/m1/s1. The molecule has 0 bridgehead atoms. The van der Waals surface area contributed by atoms with Gasteiger partial charge >= 0.3 is 6.09 Å². The highest BCUT2D eigenvalue weighted by Crippen LogP contribution is 2.44. The molecule has 0 radical (unpaired) electrons. The van der Waals surface area contributed by atoms with Crippen molar-refractivity contribution in [1.29, 1.82) is 0 Å². The largest absolute Gasteiger partial charge is 0.449 e. The van der Waals surface area contributed by atoms with E-state index in [9.17, 15) is 14.0 Å². The number of aldehydes is 1. The molecular formula is C24H20FNO3. The summed E-state index contributed by atoms with van der Waals surface area (Å²) in [5, 5.41) is 2.58. The van der Waals surface area contributed by atoms with Crippen molar-refractivity contribution in [2.45, 2.75) is 18.4 Å². The molecule has 0 saturated carbocycles. The number of hydrogen-bond donors (Lipinski definition) is 1. The van der Waals surface area contributed by atoms with Crippen molar-refractivity contribution < 1.29 is 18.7 Å². The van der Waals surface area contributed by atoms with Crippen LogP contribution < -0.4 is 5.32 Å². The van der Waals surface area contributed by atoms with Crippen LogP contribution in [0.4, 0.5) is 9.18 Å². The molecule has 0 unspecified atom stereocenters. The number of carbonyl (C=O) groups is 2. The van der Waals surface area contributed by atoms with E-state index in [0.717, 1.165) is 27.8 Å². The van der Waals surface area contributed by atoms with Gasteiger partial charge in [0.2, 0.25) is 0 Å². The number of fused-ring (bicyclic) bond motifs is 3. The van der Waals surface area contributed by atoms with Crippen LogP contribution in [0.25, 0.3) is 11.1 Å². The maximum absolute atomic E-state index is 13.0. The van der Waals surface area contributed by atoms with Crippen molar-refractivity contribution in [3.63, 3.8) is 0 Å². The Morgan fingerprint density at radius 2 is 1.55 bits per heavy atom. The van der Waals surface area contributed by atoms with Crippen molar-refractivity contribution in [3.8, 4) is 11.1 Å². The number of halogens is 1. The van der Waals surface area contributed by atoms with E-state index in [4.69, 9.17) is 4.74 Å². The minimum atomic E-state index is -0.740. The summed E-state index contributed by atoms with van der Waals surface area (Å²) < 4.78 is 18.5. The molecule has 3 aromatic rings. The highest BCUT2D eigenvalue weighted by Gasteiger charge is 2.29. The first-order valence-electron chi connectivity index (χ1n) is 9.47. The minimum absolute atomic E-state index is 0.0417. The lowest BCUT2D eigenvalue weighted by Gasteiger charge is -2.17. The van der Waals surface area contributed by atoms with Crippen LogP contribution in [0.5, 0.6) is 0 Å². The van der Waals surface area contributed by atoms with Crippen LogP contribution in [0, 0.1) is 5.82 Å². The van der Waals surface area contributed by atoms with Gasteiger partial charge in [0.05, 0.1) is 6.04 Å². The fourth-order valence-corrected chi connectivity index (χ4v) is 3.80. The smallest absolute Gasteiger partial charge is 0.407 e. The number of amides is 1. The maximum Gasteiger partial charge on any atom is 0.407 e. The van der Waals surface area contributed by atoms with Crippen LogP contribution in [0.2, 0.25) is 0 Å². The van der Waals surface area contributed by atoms with E-state index in [2.05, 4.69) is 17.4 Å². The van der Waals surface area contributed by atoms with Crippen molar-refractivity contribution in [3.05, 3.63) is 95.3 Å². The summed E-state index contributed by atoms with van der Waals surface area (Å²) in [6.45, 7) is 0.183. The molecule has 0 aromatic heterocycles. The van der Waals surface area contributed by atoms with E-state index in [1.165, 1.54) is 12.1 Å². The molecule has 1 amide bonds. The Kier molecular flexibility index (Phi) is 5.38. The number of alkyl carbamates (subject to hydrolysis) is 1. The molecule has 0 fully saturated rings. The first-order valence-corrected chi connectivity index (χ1v) is 9.47. The van der Waals surface area contributed by atoms with Crippen molar-refractivity contribution >= 4 is 12.4 Å². The Labute approximate surface area is 168 Å². The van der Waals surface area contributed by atoms with E-state index in [1.54, 1.807) is 12.1 Å². The summed E-state index contributed by atoms with van der Waals surface area (Å²) in [5.74, 6) is -0.388. The molecule has 5 heteroatoms. The predicted octanol–water partition coefficient (Wildman–Crippen LogP) is 4.47. The first-order chi connectivity index (χ1) is 14.2. The molecule has 1 N–H and O–H groups in total. The minimum Gasteiger partial charge on any atom is -0.449 e. The average Bonchev–Trinajstić information content (AvgIpc) is 3.07. The lowest BCUT2D eigenvalue weighted by Crippen LogP contribution is -2.38. The number of benzene rings is 3. The van der Waals surface area contributed by atoms with E-state index < -0.39 is 12.1 Å². The van der Waals surface area contributed by atoms with Crippen molar-refractivity contribution in [1.82, 2.24) is 5.32 Å². The fourth-order valence-electron chi connectivity index (χ4n) is 3.80. The monoisotopic (exact) mass is 389 g/mol. The van der Waals surface area contributed by atoms with Gasteiger partial charge in [0.1, 0.15) is 18.7 Å². The van der Waals surface area contributed by atoms with Gasteiger partial charge in [-0.1, -0.05) is 60.7 Å². The quantitative estimate of drug-likeness (QED) is 0.633. The second-order valence-corrected chi connectivity index (χ2v) is 7.04. The number of rotatable bonds is 6. The number of carbonyl (C=O) groups excluding carboxylic acids is 2. The van der Waals surface area contributed by atoms with Gasteiger partial charge in [0, 0.05) is 5.92 Å². The van der Waals surface area contributed by atoms with Crippen LogP contribution in [0.3, 0.4) is 0 Å². The van der Waals surface area contributed by atoms with E-state index in [0.29, 0.717) is 6.29 Å².